The molecule has 1 aliphatic rings. The molecule has 0 amide bonds. The van der Waals surface area contributed by atoms with Crippen molar-refractivity contribution in [2.45, 2.75) is 78.1 Å². The Hall–Kier alpha value is -1.84. The first-order valence-electron chi connectivity index (χ1n) is 10.3. The van der Waals surface area contributed by atoms with Crippen molar-refractivity contribution in [3.8, 4) is 11.8 Å². The van der Waals surface area contributed by atoms with E-state index in [-0.39, 0.29) is 21.5 Å². The molecule has 1 fully saturated rings. The number of phenols is 1. The molecule has 1 heterocycles. The smallest absolute Gasteiger partial charge is 0.253 e. The van der Waals surface area contributed by atoms with Gasteiger partial charge in [-0.2, -0.15) is 9.57 Å². The van der Waals surface area contributed by atoms with E-state index in [1.54, 1.807) is 12.1 Å². The van der Waals surface area contributed by atoms with Gasteiger partial charge in [-0.1, -0.05) is 54.4 Å². The molecule has 0 atom stereocenters. The molecule has 6 heteroatoms. The highest BCUT2D eigenvalue weighted by Crippen LogP contribution is 2.40. The van der Waals surface area contributed by atoms with E-state index >= 15 is 0 Å². The Kier molecular flexibility index (Phi) is 6.86. The third-order valence-electron chi connectivity index (χ3n) is 5.34. The topological polar surface area (TPSA) is 81.4 Å². The fraction of sp³-hybridized carbons (Fsp3) is 0.609. The average Bonchev–Trinajstić information content (AvgIpc) is 2.88. The van der Waals surface area contributed by atoms with Crippen molar-refractivity contribution in [2.75, 3.05) is 13.1 Å². The molecule has 1 N–H and O–H groups in total. The number of phenolic OH excluding ortho intramolecular Hbond substituents is 1. The number of aromatic hydroxyl groups is 1. The lowest BCUT2D eigenvalue weighted by atomic mass is 9.78. The quantitative estimate of drug-likeness (QED) is 0.696. The van der Waals surface area contributed by atoms with Crippen LogP contribution in [0.1, 0.15) is 83.9 Å². The van der Waals surface area contributed by atoms with Crippen LogP contribution < -0.4 is 0 Å². The summed E-state index contributed by atoms with van der Waals surface area (Å²) in [5.41, 5.74) is 1.43. The number of allylic oxidation sites excluding steroid dienone is 1. The molecular weight excluding hydrogens is 384 g/mol. The molecule has 0 aliphatic carbocycles. The SMILES string of the molecule is CC(C)(C)c1cc(/C=C(\C#N)S(=O)(=O)N2CCCCCC2)cc(C(C)(C)C)c1O. The number of nitrogens with zero attached hydrogens (tertiary/aromatic N) is 2. The summed E-state index contributed by atoms with van der Waals surface area (Å²) >= 11 is 0. The van der Waals surface area contributed by atoms with Crippen molar-refractivity contribution in [2.24, 2.45) is 0 Å². The standard InChI is InChI=1S/C23H34N2O3S/c1-22(2,3)19-14-17(15-20(21(19)26)23(4,5)6)13-18(16-24)29(27,28)25-11-9-7-8-10-12-25/h13-15,26H,7-12H2,1-6H3/b18-13+. The van der Waals surface area contributed by atoms with Crippen LogP contribution in [-0.4, -0.2) is 30.9 Å². The second-order valence-electron chi connectivity index (χ2n) is 9.90. The molecule has 0 aromatic heterocycles. The van der Waals surface area contributed by atoms with Crippen molar-refractivity contribution in [1.82, 2.24) is 4.31 Å². The molecular formula is C23H34N2O3S. The molecule has 0 bridgehead atoms. The minimum atomic E-state index is -3.83. The fourth-order valence-electron chi connectivity index (χ4n) is 3.62. The second-order valence-corrected chi connectivity index (χ2v) is 11.8. The van der Waals surface area contributed by atoms with E-state index in [9.17, 15) is 18.8 Å². The average molecular weight is 419 g/mol. The monoisotopic (exact) mass is 418 g/mol. The van der Waals surface area contributed by atoms with Crippen molar-refractivity contribution < 1.29 is 13.5 Å². The Morgan fingerprint density at radius 3 is 1.83 bits per heavy atom. The van der Waals surface area contributed by atoms with Crippen LogP contribution in [0.2, 0.25) is 0 Å². The zero-order valence-electron chi connectivity index (χ0n) is 18.5. The van der Waals surface area contributed by atoms with Gasteiger partial charge in [0.2, 0.25) is 0 Å². The van der Waals surface area contributed by atoms with Crippen molar-refractivity contribution >= 4 is 16.1 Å². The predicted molar refractivity (Wildman–Crippen MR) is 118 cm³/mol. The molecule has 160 valence electrons. The Morgan fingerprint density at radius 1 is 1.00 bits per heavy atom. The third-order valence-corrected chi connectivity index (χ3v) is 7.15. The highest BCUT2D eigenvalue weighted by atomic mass is 32.2. The second kappa shape index (κ2) is 8.49. The van der Waals surface area contributed by atoms with Gasteiger partial charge in [-0.3, -0.25) is 0 Å². The van der Waals surface area contributed by atoms with Gasteiger partial charge < -0.3 is 5.11 Å². The highest BCUT2D eigenvalue weighted by Gasteiger charge is 2.29. The van der Waals surface area contributed by atoms with Crippen LogP contribution in [0.15, 0.2) is 17.0 Å². The summed E-state index contributed by atoms with van der Waals surface area (Å²) in [6.07, 6.45) is 5.11. The van der Waals surface area contributed by atoms with Gasteiger partial charge in [0.1, 0.15) is 11.8 Å². The number of nitriles is 1. The van der Waals surface area contributed by atoms with Gasteiger partial charge in [0.05, 0.1) is 0 Å². The largest absolute Gasteiger partial charge is 0.507 e. The minimum absolute atomic E-state index is 0.232. The van der Waals surface area contributed by atoms with Gasteiger partial charge in [-0.25, -0.2) is 8.42 Å². The first kappa shape index (κ1) is 23.4. The summed E-state index contributed by atoms with van der Waals surface area (Å²) in [6, 6.07) is 5.49. The summed E-state index contributed by atoms with van der Waals surface area (Å²) in [6.45, 7) is 12.9. The zero-order valence-corrected chi connectivity index (χ0v) is 19.4. The van der Waals surface area contributed by atoms with Gasteiger partial charge in [0.15, 0.2) is 4.91 Å². The molecule has 1 aliphatic heterocycles. The summed E-state index contributed by atoms with van der Waals surface area (Å²) in [7, 11) is -3.83. The van der Waals surface area contributed by atoms with E-state index < -0.39 is 10.0 Å². The Balaban J connectivity index is 2.62. The lowest BCUT2D eigenvalue weighted by Crippen LogP contribution is -2.32. The van der Waals surface area contributed by atoms with Crippen LogP contribution in [0.4, 0.5) is 0 Å². The Morgan fingerprint density at radius 2 is 1.45 bits per heavy atom. The molecule has 0 radical (unpaired) electrons. The van der Waals surface area contributed by atoms with Crippen LogP contribution in [0.3, 0.4) is 0 Å². The van der Waals surface area contributed by atoms with Crippen molar-refractivity contribution in [1.29, 1.82) is 5.26 Å². The molecule has 0 unspecified atom stereocenters. The summed E-state index contributed by atoms with van der Waals surface area (Å²) in [4.78, 5) is -0.246. The number of benzene rings is 1. The maximum Gasteiger partial charge on any atom is 0.253 e. The minimum Gasteiger partial charge on any atom is -0.507 e. The van der Waals surface area contributed by atoms with E-state index in [2.05, 4.69) is 0 Å². The number of hydrogen-bond acceptors (Lipinski definition) is 4. The van der Waals surface area contributed by atoms with Crippen molar-refractivity contribution in [3.63, 3.8) is 0 Å². The summed E-state index contributed by atoms with van der Waals surface area (Å²) in [5.74, 6) is 0.232. The van der Waals surface area contributed by atoms with Crippen molar-refractivity contribution in [3.05, 3.63) is 33.7 Å². The third kappa shape index (κ3) is 5.40. The first-order chi connectivity index (χ1) is 13.3. The normalized spacial score (nSPS) is 17.6. The van der Waals surface area contributed by atoms with Crippen LogP contribution in [-0.2, 0) is 20.9 Å². The van der Waals surface area contributed by atoms with Gasteiger partial charge in [0, 0.05) is 24.2 Å². The Bertz CT molecular complexity index is 883. The molecule has 1 aromatic rings. The molecule has 29 heavy (non-hydrogen) atoms. The summed E-state index contributed by atoms with van der Waals surface area (Å²) in [5, 5.41) is 20.5. The van der Waals surface area contributed by atoms with E-state index in [0.29, 0.717) is 18.7 Å². The fourth-order valence-corrected chi connectivity index (χ4v) is 5.04. The highest BCUT2D eigenvalue weighted by molar-refractivity contribution is 7.93. The van der Waals surface area contributed by atoms with E-state index in [1.165, 1.54) is 10.4 Å². The van der Waals surface area contributed by atoms with Crippen LogP contribution in [0, 0.1) is 11.3 Å². The van der Waals surface area contributed by atoms with Crippen LogP contribution >= 0.6 is 0 Å². The predicted octanol–water partition coefficient (Wildman–Crippen LogP) is 5.06. The first-order valence-corrected chi connectivity index (χ1v) is 11.7. The number of rotatable bonds is 3. The van der Waals surface area contributed by atoms with E-state index in [4.69, 9.17) is 0 Å². The van der Waals surface area contributed by atoms with Crippen LogP contribution in [0.25, 0.3) is 6.08 Å². The van der Waals surface area contributed by atoms with E-state index in [1.807, 2.05) is 47.6 Å². The lowest BCUT2D eigenvalue weighted by molar-refractivity contribution is 0.423. The number of sulfonamides is 1. The van der Waals surface area contributed by atoms with Gasteiger partial charge >= 0.3 is 0 Å². The number of hydrogen-bond donors (Lipinski definition) is 1. The van der Waals surface area contributed by atoms with E-state index in [0.717, 1.165) is 36.8 Å². The molecule has 2 rings (SSSR count). The van der Waals surface area contributed by atoms with Gasteiger partial charge in [0.25, 0.3) is 10.0 Å². The van der Waals surface area contributed by atoms with Gasteiger partial charge in [-0.05, 0) is 47.4 Å². The maximum absolute atomic E-state index is 13.1. The Labute approximate surface area is 176 Å². The maximum atomic E-state index is 13.1. The van der Waals surface area contributed by atoms with Gasteiger partial charge in [-0.15, -0.1) is 0 Å². The molecule has 5 nitrogen and oxygen atoms in total. The molecule has 0 spiro atoms. The van der Waals surface area contributed by atoms with Crippen LogP contribution in [0.5, 0.6) is 5.75 Å². The molecule has 0 saturated carbocycles. The molecule has 1 saturated heterocycles. The molecule has 1 aromatic carbocycles. The lowest BCUT2D eigenvalue weighted by Gasteiger charge is -2.28. The summed E-state index contributed by atoms with van der Waals surface area (Å²) < 4.78 is 27.6. The zero-order chi connectivity index (χ0) is 22.0.